The van der Waals surface area contributed by atoms with Gasteiger partial charge in [-0.05, 0) is 178 Å². The third kappa shape index (κ3) is 3.79. The van der Waals surface area contributed by atoms with Crippen molar-refractivity contribution in [3.63, 3.8) is 0 Å². The van der Waals surface area contributed by atoms with Gasteiger partial charge in [-0.15, -0.1) is 0 Å². The van der Waals surface area contributed by atoms with Crippen molar-refractivity contribution in [1.82, 2.24) is 0 Å². The van der Waals surface area contributed by atoms with Gasteiger partial charge in [0.2, 0.25) is 0 Å². The topological polar surface area (TPSA) is 13.1 Å². The van der Waals surface area contributed by atoms with E-state index >= 15 is 0 Å². The Bertz CT molecular complexity index is 2720. The first-order chi connectivity index (χ1) is 23.9. The van der Waals surface area contributed by atoms with Crippen LogP contribution in [-0.4, -0.2) is 0 Å². The molecule has 1 nitrogen and oxygen atoms in total. The second-order valence-corrected chi connectivity index (χ2v) is 15.4. The first-order valence-electron chi connectivity index (χ1n) is 18.1. The first kappa shape index (κ1) is 30.9. The number of hydrogen-bond acceptors (Lipinski definition) is 1. The van der Waals surface area contributed by atoms with E-state index in [1.165, 1.54) is 121 Å². The van der Waals surface area contributed by atoms with Gasteiger partial charge in [-0.25, -0.2) is 0 Å². The van der Waals surface area contributed by atoms with Gasteiger partial charge in [-0.3, -0.25) is 0 Å². The maximum absolute atomic E-state index is 6.53. The Morgan fingerprint density at radius 3 is 1.42 bits per heavy atom. The molecule has 1 heteroatoms. The van der Waals surface area contributed by atoms with Crippen LogP contribution in [-0.2, 0) is 5.41 Å². The molecule has 0 amide bonds. The summed E-state index contributed by atoms with van der Waals surface area (Å²) in [6.07, 6.45) is 0. The fourth-order valence-corrected chi connectivity index (χ4v) is 9.61. The summed E-state index contributed by atoms with van der Waals surface area (Å²) in [5.41, 5.74) is 23.6. The summed E-state index contributed by atoms with van der Waals surface area (Å²) in [5.74, 6) is 0. The molecule has 9 rings (SSSR count). The van der Waals surface area contributed by atoms with Crippen LogP contribution in [0.3, 0.4) is 0 Å². The van der Waals surface area contributed by atoms with Crippen molar-refractivity contribution in [1.29, 1.82) is 0 Å². The third-order valence-corrected chi connectivity index (χ3v) is 12.9. The molecule has 0 saturated carbocycles. The highest BCUT2D eigenvalue weighted by molar-refractivity contribution is 6.29. The van der Waals surface area contributed by atoms with Crippen LogP contribution in [0.2, 0.25) is 0 Å². The van der Waals surface area contributed by atoms with Gasteiger partial charge in [0.15, 0.2) is 0 Å². The first-order valence-corrected chi connectivity index (χ1v) is 18.1. The monoisotopic (exact) mass is 648 g/mol. The number of aryl methyl sites for hydroxylation is 4. The molecule has 0 fully saturated rings. The normalized spacial score (nSPS) is 13.6. The van der Waals surface area contributed by atoms with Gasteiger partial charge in [0.25, 0.3) is 0 Å². The zero-order valence-corrected chi connectivity index (χ0v) is 31.0. The van der Waals surface area contributed by atoms with Crippen molar-refractivity contribution in [2.75, 3.05) is 0 Å². The maximum atomic E-state index is 6.53. The van der Waals surface area contributed by atoms with E-state index in [4.69, 9.17) is 4.42 Å². The lowest BCUT2D eigenvalue weighted by molar-refractivity contribution is 0.660. The molecule has 1 aliphatic carbocycles. The average molecular weight is 649 g/mol. The van der Waals surface area contributed by atoms with Crippen LogP contribution in [0.5, 0.6) is 0 Å². The highest BCUT2D eigenvalue weighted by Crippen LogP contribution is 2.57. The number of benzene rings is 7. The Hall–Kier alpha value is -5.14. The highest BCUT2D eigenvalue weighted by atomic mass is 16.3. The lowest BCUT2D eigenvalue weighted by Gasteiger charge is -2.28. The number of fused-ring (bicyclic) bond motifs is 8. The fourth-order valence-electron chi connectivity index (χ4n) is 9.61. The van der Waals surface area contributed by atoms with Crippen molar-refractivity contribution in [2.24, 2.45) is 0 Å². The summed E-state index contributed by atoms with van der Waals surface area (Å²) in [5, 5.41) is 7.83. The molecule has 1 aliphatic rings. The van der Waals surface area contributed by atoms with Gasteiger partial charge in [0.1, 0.15) is 11.2 Å². The lowest BCUT2D eigenvalue weighted by Crippen LogP contribution is -2.14. The van der Waals surface area contributed by atoms with Gasteiger partial charge in [-0.2, -0.15) is 0 Å². The lowest BCUT2D eigenvalue weighted by atomic mass is 9.75. The minimum atomic E-state index is -0.0829. The molecular weight excluding hydrogens is 605 g/mol. The Balaban J connectivity index is 1.61. The van der Waals surface area contributed by atoms with E-state index in [0.29, 0.717) is 0 Å². The minimum absolute atomic E-state index is 0.0829. The second-order valence-electron chi connectivity index (χ2n) is 15.4. The summed E-state index contributed by atoms with van der Waals surface area (Å²) in [6.45, 7) is 23.5. The third-order valence-electron chi connectivity index (χ3n) is 12.9. The molecule has 1 heterocycles. The Morgan fingerprint density at radius 2 is 0.800 bits per heavy atom. The molecule has 0 spiro atoms. The summed E-state index contributed by atoms with van der Waals surface area (Å²) >= 11 is 0. The summed E-state index contributed by atoms with van der Waals surface area (Å²) in [6, 6.07) is 31.3. The van der Waals surface area contributed by atoms with Gasteiger partial charge in [0.05, 0.1) is 0 Å². The number of para-hydroxylation sites is 1. The number of rotatable bonds is 2. The van der Waals surface area contributed by atoms with Crippen molar-refractivity contribution in [2.45, 2.75) is 74.7 Å². The molecule has 0 saturated heterocycles. The van der Waals surface area contributed by atoms with E-state index in [1.807, 2.05) is 0 Å². The van der Waals surface area contributed by atoms with E-state index in [9.17, 15) is 0 Å². The van der Waals surface area contributed by atoms with Gasteiger partial charge in [0, 0.05) is 16.2 Å². The quantitative estimate of drug-likeness (QED) is 0.170. The minimum Gasteiger partial charge on any atom is -0.456 e. The average Bonchev–Trinajstić information content (AvgIpc) is 3.62. The zero-order valence-electron chi connectivity index (χ0n) is 31.0. The molecule has 0 unspecified atom stereocenters. The molecule has 7 aromatic carbocycles. The van der Waals surface area contributed by atoms with Crippen LogP contribution in [0.1, 0.15) is 69.5 Å². The van der Waals surface area contributed by atoms with Crippen molar-refractivity contribution < 1.29 is 4.42 Å². The van der Waals surface area contributed by atoms with Gasteiger partial charge in [-0.1, -0.05) is 86.6 Å². The molecule has 0 bridgehead atoms. The molecule has 246 valence electrons. The van der Waals surface area contributed by atoms with E-state index < -0.39 is 0 Å². The number of furan rings is 1. The van der Waals surface area contributed by atoms with Crippen LogP contribution < -0.4 is 0 Å². The summed E-state index contributed by atoms with van der Waals surface area (Å²) in [7, 11) is 0. The van der Waals surface area contributed by atoms with Crippen LogP contribution in [0.4, 0.5) is 0 Å². The van der Waals surface area contributed by atoms with E-state index in [1.54, 1.807) is 0 Å². The number of hydrogen-bond donors (Lipinski definition) is 0. The predicted octanol–water partition coefficient (Wildman–Crippen LogP) is 14.0. The molecule has 0 N–H and O–H groups in total. The van der Waals surface area contributed by atoms with Crippen molar-refractivity contribution in [3.05, 3.63) is 141 Å². The Kier molecular flexibility index (Phi) is 6.45. The Labute approximate surface area is 295 Å². The summed E-state index contributed by atoms with van der Waals surface area (Å²) < 4.78 is 6.53. The summed E-state index contributed by atoms with van der Waals surface area (Å²) in [4.78, 5) is 0. The smallest absolute Gasteiger partial charge is 0.136 e. The Morgan fingerprint density at radius 1 is 0.360 bits per heavy atom. The van der Waals surface area contributed by atoms with Crippen LogP contribution >= 0.6 is 0 Å². The molecule has 1 aromatic heterocycles. The molecular formula is C49H44O. The molecule has 0 atom stereocenters. The SMILES string of the molecule is Cc1c(C)c(C)c2c(-c3cccc4oc5ccccc5c34)c3c(C)c(C)c(C)c(C)c3c(-c3cccc4c3-c3ccccc3C4(C)C)c2c1C. The van der Waals surface area contributed by atoms with Crippen LogP contribution in [0.25, 0.3) is 76.9 Å². The highest BCUT2D eigenvalue weighted by Gasteiger charge is 2.38. The fraction of sp³-hybridized carbons (Fsp3) is 0.224. The standard InChI is InChI=1S/C49H44O/c1-25-27(3)31(7)43-41(29(25)5)47(35-19-15-22-38-45(35)33-17-11-13-21-37(33)49(38,9)10)42-30(6)26(2)28(4)32(8)44(42)48(43)36-20-16-24-40-46(36)34-18-12-14-23-39(34)50-40/h11-24H,1-10H3. The maximum Gasteiger partial charge on any atom is 0.136 e. The van der Waals surface area contributed by atoms with Gasteiger partial charge >= 0.3 is 0 Å². The van der Waals surface area contributed by atoms with Crippen molar-refractivity contribution in [3.8, 4) is 33.4 Å². The van der Waals surface area contributed by atoms with E-state index in [2.05, 4.69) is 154 Å². The molecule has 50 heavy (non-hydrogen) atoms. The molecule has 0 aliphatic heterocycles. The largest absolute Gasteiger partial charge is 0.456 e. The molecule has 0 radical (unpaired) electrons. The van der Waals surface area contributed by atoms with E-state index in [-0.39, 0.29) is 5.41 Å². The molecule has 8 aromatic rings. The predicted molar refractivity (Wildman–Crippen MR) is 215 cm³/mol. The van der Waals surface area contributed by atoms with Crippen LogP contribution in [0, 0.1) is 55.4 Å². The zero-order chi connectivity index (χ0) is 35.0. The second kappa shape index (κ2) is 10.4. The van der Waals surface area contributed by atoms with Crippen molar-refractivity contribution >= 4 is 43.5 Å². The van der Waals surface area contributed by atoms with Crippen LogP contribution in [0.15, 0.2) is 89.3 Å². The van der Waals surface area contributed by atoms with E-state index in [0.717, 1.165) is 11.2 Å². The van der Waals surface area contributed by atoms with Gasteiger partial charge < -0.3 is 4.42 Å².